The number of esters is 2. The van der Waals surface area contributed by atoms with Gasteiger partial charge >= 0.3 is 11.9 Å². The molecule has 4 nitrogen and oxygen atoms in total. The van der Waals surface area contributed by atoms with Crippen LogP contribution in [0.1, 0.15) is 79.4 Å². The third-order valence-corrected chi connectivity index (χ3v) is 6.59. The molecule has 0 atom stereocenters. The van der Waals surface area contributed by atoms with Gasteiger partial charge in [0.1, 0.15) is 0 Å². The van der Waals surface area contributed by atoms with Gasteiger partial charge in [-0.15, -0.1) is 0 Å². The fraction of sp³-hybridized carbons (Fsp3) is 0.481. The van der Waals surface area contributed by atoms with Crippen LogP contribution in [0.2, 0.25) is 0 Å². The van der Waals surface area contributed by atoms with Crippen molar-refractivity contribution in [1.82, 2.24) is 0 Å². The molecule has 2 rings (SSSR count). The minimum atomic E-state index is -0.766. The number of carbonyl (C=O) groups is 2. The Balaban J connectivity index is 2.29. The lowest BCUT2D eigenvalue weighted by Gasteiger charge is -2.27. The van der Waals surface area contributed by atoms with Crippen molar-refractivity contribution in [2.45, 2.75) is 73.6 Å². The summed E-state index contributed by atoms with van der Waals surface area (Å²) in [4.78, 5) is 24.6. The van der Waals surface area contributed by atoms with E-state index in [-0.39, 0.29) is 11.5 Å². The molecule has 0 saturated heterocycles. The van der Waals surface area contributed by atoms with Crippen LogP contribution in [-0.4, -0.2) is 11.9 Å². The first-order valence-corrected chi connectivity index (χ1v) is 11.2. The molecule has 0 aliphatic carbocycles. The normalized spacial score (nSPS) is 12.4. The topological polar surface area (TPSA) is 52.6 Å². The maximum absolute atomic E-state index is 14.8. The first-order valence-electron chi connectivity index (χ1n) is 11.2. The highest BCUT2D eigenvalue weighted by Crippen LogP contribution is 2.36. The van der Waals surface area contributed by atoms with Crippen LogP contribution in [0.25, 0.3) is 0 Å². The molecule has 6 heteroatoms. The molecule has 0 aliphatic heterocycles. The number of benzene rings is 2. The van der Waals surface area contributed by atoms with Gasteiger partial charge in [0, 0.05) is 5.41 Å². The summed E-state index contributed by atoms with van der Waals surface area (Å²) in [5.74, 6) is -2.65. The highest BCUT2D eigenvalue weighted by molar-refractivity contribution is 5.79. The lowest BCUT2D eigenvalue weighted by Crippen LogP contribution is -2.28. The van der Waals surface area contributed by atoms with E-state index in [9.17, 15) is 18.4 Å². The summed E-state index contributed by atoms with van der Waals surface area (Å²) in [7, 11) is 0. The molecule has 0 bridgehead atoms. The number of hydrogen-bond donors (Lipinski definition) is 0. The third-order valence-electron chi connectivity index (χ3n) is 6.59. The van der Waals surface area contributed by atoms with Crippen molar-refractivity contribution in [3.05, 3.63) is 59.2 Å². The van der Waals surface area contributed by atoms with E-state index >= 15 is 0 Å². The fourth-order valence-electron chi connectivity index (χ4n) is 2.88. The molecule has 33 heavy (non-hydrogen) atoms. The van der Waals surface area contributed by atoms with Gasteiger partial charge in [-0.1, -0.05) is 39.8 Å². The van der Waals surface area contributed by atoms with Gasteiger partial charge in [-0.25, -0.2) is 8.78 Å². The molecule has 0 spiro atoms. The predicted molar refractivity (Wildman–Crippen MR) is 124 cm³/mol. The Morgan fingerprint density at radius 3 is 1.30 bits per heavy atom. The zero-order valence-electron chi connectivity index (χ0n) is 20.8. The first-order chi connectivity index (χ1) is 15.2. The Bertz CT molecular complexity index is 957. The second kappa shape index (κ2) is 9.62. The quantitative estimate of drug-likeness (QED) is 0.315. The number of halogens is 2. The van der Waals surface area contributed by atoms with Crippen molar-refractivity contribution < 1.29 is 27.8 Å². The highest BCUT2D eigenvalue weighted by Gasteiger charge is 2.31. The van der Waals surface area contributed by atoms with E-state index in [1.165, 1.54) is 24.3 Å². The van der Waals surface area contributed by atoms with Gasteiger partial charge in [-0.2, -0.15) is 0 Å². The molecule has 0 N–H and O–H groups in total. The smallest absolute Gasteiger partial charge is 0.316 e. The Morgan fingerprint density at radius 2 is 1.03 bits per heavy atom. The number of ether oxygens (including phenoxy) is 2. The average molecular weight is 461 g/mol. The zero-order valence-corrected chi connectivity index (χ0v) is 20.8. The predicted octanol–water partition coefficient (Wildman–Crippen LogP) is 6.97. The summed E-state index contributed by atoms with van der Waals surface area (Å²) in [6.07, 6.45) is 1.12. The van der Waals surface area contributed by atoms with Crippen LogP contribution < -0.4 is 9.47 Å². The fourth-order valence-corrected chi connectivity index (χ4v) is 2.88. The average Bonchev–Trinajstić information content (AvgIpc) is 2.75. The van der Waals surface area contributed by atoms with E-state index < -0.39 is 39.8 Å². The summed E-state index contributed by atoms with van der Waals surface area (Å²) in [6, 6.07) is 8.71. The Kier molecular flexibility index (Phi) is 7.72. The van der Waals surface area contributed by atoms with Gasteiger partial charge in [0.25, 0.3) is 0 Å². The van der Waals surface area contributed by atoms with Gasteiger partial charge in [0.15, 0.2) is 23.1 Å². The Labute approximate surface area is 195 Å². The van der Waals surface area contributed by atoms with Crippen molar-refractivity contribution in [3.8, 4) is 11.5 Å². The van der Waals surface area contributed by atoms with Crippen molar-refractivity contribution in [2.75, 3.05) is 0 Å². The summed E-state index contributed by atoms with van der Waals surface area (Å²) in [5, 5.41) is 0. The summed E-state index contributed by atoms with van der Waals surface area (Å²) in [5.41, 5.74) is -1.06. The lowest BCUT2D eigenvalue weighted by molar-refractivity contribution is -0.145. The van der Waals surface area contributed by atoms with Crippen molar-refractivity contribution in [2.24, 2.45) is 10.8 Å². The van der Waals surface area contributed by atoms with Crippen molar-refractivity contribution in [1.29, 1.82) is 0 Å². The highest BCUT2D eigenvalue weighted by atomic mass is 19.1. The van der Waals surface area contributed by atoms with Gasteiger partial charge in [-0.3, -0.25) is 9.59 Å². The van der Waals surface area contributed by atoms with Crippen molar-refractivity contribution >= 4 is 11.9 Å². The largest absolute Gasteiger partial charge is 0.423 e. The maximum Gasteiger partial charge on any atom is 0.316 e. The minimum absolute atomic E-state index is 0.145. The molecule has 0 radical (unpaired) electrons. The second-order valence-corrected chi connectivity index (χ2v) is 10.2. The molecule has 2 aromatic carbocycles. The lowest BCUT2D eigenvalue weighted by atomic mass is 9.78. The Morgan fingerprint density at radius 1 is 0.697 bits per heavy atom. The molecule has 0 saturated carbocycles. The van der Waals surface area contributed by atoms with Crippen LogP contribution >= 0.6 is 0 Å². The van der Waals surface area contributed by atoms with E-state index in [4.69, 9.17) is 9.47 Å². The molecule has 0 aliphatic rings. The standard InChI is InChI=1S/C27H34F2O4/c1-9-25(3,4)23(30)32-21-13-11-17(15-19(21)28)27(7,8)18-12-14-22(20(29)16-18)33-24(31)26(5,6)10-2/h11-16H,9-10H2,1-8H3. The van der Waals surface area contributed by atoms with E-state index in [2.05, 4.69) is 0 Å². The number of rotatable bonds is 8. The van der Waals surface area contributed by atoms with Crippen LogP contribution in [0.5, 0.6) is 11.5 Å². The summed E-state index contributed by atoms with van der Waals surface area (Å²) >= 11 is 0. The molecule has 0 fully saturated rings. The SMILES string of the molecule is CCC(C)(C)C(=O)Oc1ccc(C(C)(C)c2ccc(OC(=O)C(C)(C)CC)c(F)c2)cc1F. The summed E-state index contributed by atoms with van der Waals surface area (Å²) < 4.78 is 40.1. The second-order valence-electron chi connectivity index (χ2n) is 10.2. The van der Waals surface area contributed by atoms with Gasteiger partial charge < -0.3 is 9.47 Å². The van der Waals surface area contributed by atoms with Crippen molar-refractivity contribution in [3.63, 3.8) is 0 Å². The molecule has 0 heterocycles. The zero-order chi connectivity index (χ0) is 25.2. The molecular formula is C27H34F2O4. The van der Waals surface area contributed by atoms with E-state index in [0.717, 1.165) is 0 Å². The number of hydrogen-bond acceptors (Lipinski definition) is 4. The molecule has 0 aromatic heterocycles. The number of carbonyl (C=O) groups excluding carboxylic acids is 2. The van der Waals surface area contributed by atoms with Gasteiger partial charge in [0.2, 0.25) is 0 Å². The minimum Gasteiger partial charge on any atom is -0.423 e. The van der Waals surface area contributed by atoms with Gasteiger partial charge in [0.05, 0.1) is 10.8 Å². The summed E-state index contributed by atoms with van der Waals surface area (Å²) in [6.45, 7) is 14.3. The Hall–Kier alpha value is -2.76. The molecule has 2 aromatic rings. The molecular weight excluding hydrogens is 426 g/mol. The van der Waals surface area contributed by atoms with Crippen LogP contribution in [0.4, 0.5) is 8.78 Å². The molecule has 0 unspecified atom stereocenters. The van der Waals surface area contributed by atoms with E-state index in [1.54, 1.807) is 39.8 Å². The molecule has 180 valence electrons. The van der Waals surface area contributed by atoms with Crippen LogP contribution in [0.3, 0.4) is 0 Å². The van der Waals surface area contributed by atoms with E-state index in [0.29, 0.717) is 24.0 Å². The maximum atomic E-state index is 14.8. The van der Waals surface area contributed by atoms with Crippen LogP contribution in [0.15, 0.2) is 36.4 Å². The molecule has 0 amide bonds. The van der Waals surface area contributed by atoms with E-state index in [1.807, 2.05) is 27.7 Å². The first kappa shape index (κ1) is 26.5. The van der Waals surface area contributed by atoms with Crippen LogP contribution in [0, 0.1) is 22.5 Å². The van der Waals surface area contributed by atoms with Crippen LogP contribution in [-0.2, 0) is 15.0 Å². The monoisotopic (exact) mass is 460 g/mol. The third kappa shape index (κ3) is 5.79. The van der Waals surface area contributed by atoms with Gasteiger partial charge in [-0.05, 0) is 75.9 Å².